The smallest absolute Gasteiger partial charge is 0.335 e. The summed E-state index contributed by atoms with van der Waals surface area (Å²) in [6, 6.07) is 8.66. The Morgan fingerprint density at radius 3 is 2.59 bits per heavy atom. The fourth-order valence-electron chi connectivity index (χ4n) is 2.26. The average molecular weight is 339 g/mol. The second-order valence-electron chi connectivity index (χ2n) is 4.76. The van der Waals surface area contributed by atoms with Crippen LogP contribution in [0, 0.1) is 5.82 Å². The van der Waals surface area contributed by atoms with Gasteiger partial charge < -0.3 is 9.84 Å². The minimum absolute atomic E-state index is 0.0393. The van der Waals surface area contributed by atoms with Gasteiger partial charge in [-0.15, -0.1) is 0 Å². The molecule has 1 aliphatic rings. The quantitative estimate of drug-likeness (QED) is 0.860. The van der Waals surface area contributed by atoms with E-state index in [9.17, 15) is 14.3 Å². The molecular weight excluding hydrogens is 330 g/mol. The van der Waals surface area contributed by atoms with E-state index in [-0.39, 0.29) is 16.3 Å². The number of hydrogen-bond acceptors (Lipinski definition) is 2. The summed E-state index contributed by atoms with van der Waals surface area (Å²) in [7, 11) is 0. The van der Waals surface area contributed by atoms with Gasteiger partial charge in [0.25, 0.3) is 0 Å². The lowest BCUT2D eigenvalue weighted by Gasteiger charge is -2.26. The van der Waals surface area contributed by atoms with Crippen LogP contribution in [0.15, 0.2) is 42.0 Å². The van der Waals surface area contributed by atoms with E-state index in [2.05, 4.69) is 0 Å². The molecule has 0 saturated carbocycles. The van der Waals surface area contributed by atoms with Crippen molar-refractivity contribution in [3.63, 3.8) is 0 Å². The first-order chi connectivity index (χ1) is 10.5. The van der Waals surface area contributed by atoms with Gasteiger partial charge in [0.1, 0.15) is 11.6 Å². The number of hydrogen-bond donors (Lipinski definition) is 1. The molecule has 3 nitrogen and oxygen atoms in total. The molecule has 0 bridgehead atoms. The highest BCUT2D eigenvalue weighted by Gasteiger charge is 2.29. The summed E-state index contributed by atoms with van der Waals surface area (Å²) in [5.74, 6) is -1.30. The summed E-state index contributed by atoms with van der Waals surface area (Å²) in [5, 5.41) is 10.0. The van der Waals surface area contributed by atoms with Crippen LogP contribution in [0.25, 0.3) is 6.08 Å². The first kappa shape index (κ1) is 14.9. The molecule has 1 heterocycles. The zero-order valence-corrected chi connectivity index (χ0v) is 12.5. The fraction of sp³-hybridized carbons (Fsp3) is 0.0625. The Labute approximate surface area is 135 Å². The van der Waals surface area contributed by atoms with Gasteiger partial charge in [-0.25, -0.2) is 9.18 Å². The molecule has 112 valence electrons. The molecule has 6 heteroatoms. The van der Waals surface area contributed by atoms with Crippen molar-refractivity contribution < 1.29 is 19.0 Å². The Balaban J connectivity index is 2.11. The molecule has 0 saturated heterocycles. The van der Waals surface area contributed by atoms with Crippen LogP contribution in [0.2, 0.25) is 10.0 Å². The van der Waals surface area contributed by atoms with Crippen LogP contribution in [0.3, 0.4) is 0 Å². The lowest BCUT2D eigenvalue weighted by atomic mass is 9.96. The summed E-state index contributed by atoms with van der Waals surface area (Å²) >= 11 is 11.8. The van der Waals surface area contributed by atoms with E-state index in [4.69, 9.17) is 27.9 Å². The molecule has 1 aliphatic heterocycles. The Hall–Kier alpha value is -2.04. The topological polar surface area (TPSA) is 46.5 Å². The van der Waals surface area contributed by atoms with Crippen molar-refractivity contribution in [3.8, 4) is 5.75 Å². The molecule has 0 spiro atoms. The molecule has 1 unspecified atom stereocenters. The number of rotatable bonds is 2. The molecule has 0 aliphatic carbocycles. The largest absolute Gasteiger partial charge is 0.480 e. The van der Waals surface area contributed by atoms with Crippen LogP contribution in [0.1, 0.15) is 17.2 Å². The van der Waals surface area contributed by atoms with Crippen LogP contribution in [0.4, 0.5) is 4.39 Å². The third-order valence-electron chi connectivity index (χ3n) is 3.31. The number of aliphatic carboxylic acids is 1. The predicted octanol–water partition coefficient (Wildman–Crippen LogP) is 4.73. The summed E-state index contributed by atoms with van der Waals surface area (Å²) in [5.41, 5.74) is 1.07. The van der Waals surface area contributed by atoms with Crippen molar-refractivity contribution in [1.29, 1.82) is 0 Å². The van der Waals surface area contributed by atoms with Gasteiger partial charge in [-0.05, 0) is 35.9 Å². The Kier molecular flexibility index (Phi) is 3.81. The molecule has 2 aromatic rings. The Bertz CT molecular complexity index is 802. The van der Waals surface area contributed by atoms with Gasteiger partial charge >= 0.3 is 5.97 Å². The highest BCUT2D eigenvalue weighted by molar-refractivity contribution is 6.42. The first-order valence-corrected chi connectivity index (χ1v) is 7.07. The molecule has 2 aromatic carbocycles. The van der Waals surface area contributed by atoms with Crippen molar-refractivity contribution in [1.82, 2.24) is 0 Å². The summed E-state index contributed by atoms with van der Waals surface area (Å²) in [6.07, 6.45) is 0.579. The lowest BCUT2D eigenvalue weighted by Crippen LogP contribution is -2.20. The molecule has 3 rings (SSSR count). The fourth-order valence-corrected chi connectivity index (χ4v) is 2.57. The average Bonchev–Trinajstić information content (AvgIpc) is 2.48. The SMILES string of the molecule is O=C(O)C1=Cc2ccc(F)cc2OC1c1ccc(Cl)c(Cl)c1. The predicted molar refractivity (Wildman–Crippen MR) is 81.8 cm³/mol. The van der Waals surface area contributed by atoms with Gasteiger partial charge in [0.2, 0.25) is 0 Å². The number of halogens is 3. The van der Waals surface area contributed by atoms with Gasteiger partial charge in [-0.3, -0.25) is 0 Å². The zero-order valence-electron chi connectivity index (χ0n) is 11.0. The molecule has 1 atom stereocenters. The Morgan fingerprint density at radius 2 is 1.91 bits per heavy atom. The molecule has 22 heavy (non-hydrogen) atoms. The van der Waals surface area contributed by atoms with Crippen LogP contribution in [-0.2, 0) is 4.79 Å². The van der Waals surface area contributed by atoms with Gasteiger partial charge in [0.05, 0.1) is 15.6 Å². The molecular formula is C16H9Cl2FO3. The highest BCUT2D eigenvalue weighted by Crippen LogP contribution is 2.39. The van der Waals surface area contributed by atoms with Crippen LogP contribution >= 0.6 is 23.2 Å². The third kappa shape index (κ3) is 2.67. The Morgan fingerprint density at radius 1 is 1.14 bits per heavy atom. The third-order valence-corrected chi connectivity index (χ3v) is 4.05. The molecule has 0 radical (unpaired) electrons. The minimum atomic E-state index is -1.12. The van der Waals surface area contributed by atoms with E-state index in [1.165, 1.54) is 30.3 Å². The van der Waals surface area contributed by atoms with Crippen LogP contribution in [-0.4, -0.2) is 11.1 Å². The van der Waals surface area contributed by atoms with E-state index < -0.39 is 17.9 Å². The van der Waals surface area contributed by atoms with Crippen molar-refractivity contribution in [2.45, 2.75) is 6.10 Å². The number of ether oxygens (including phenoxy) is 1. The second kappa shape index (κ2) is 5.63. The second-order valence-corrected chi connectivity index (χ2v) is 5.57. The summed E-state index contributed by atoms with van der Waals surface area (Å²) in [4.78, 5) is 11.5. The number of fused-ring (bicyclic) bond motifs is 1. The van der Waals surface area contributed by atoms with E-state index in [1.54, 1.807) is 12.1 Å². The van der Waals surface area contributed by atoms with Gasteiger partial charge in [0.15, 0.2) is 6.10 Å². The van der Waals surface area contributed by atoms with Crippen molar-refractivity contribution in [3.05, 3.63) is 69.0 Å². The van der Waals surface area contributed by atoms with Crippen molar-refractivity contribution in [2.24, 2.45) is 0 Å². The maximum atomic E-state index is 13.3. The number of carbonyl (C=O) groups is 1. The molecule has 0 aromatic heterocycles. The zero-order chi connectivity index (χ0) is 15.9. The van der Waals surface area contributed by atoms with E-state index >= 15 is 0 Å². The standard InChI is InChI=1S/C16H9Cl2FO3/c17-12-4-2-9(6-13(12)18)15-11(16(20)21)5-8-1-3-10(19)7-14(8)22-15/h1-7,15H,(H,20,21). The maximum Gasteiger partial charge on any atom is 0.335 e. The van der Waals surface area contributed by atoms with Crippen molar-refractivity contribution >= 4 is 35.2 Å². The van der Waals surface area contributed by atoms with E-state index in [1.807, 2.05) is 0 Å². The molecule has 1 N–H and O–H groups in total. The normalized spacial score (nSPS) is 16.5. The lowest BCUT2D eigenvalue weighted by molar-refractivity contribution is -0.133. The maximum absolute atomic E-state index is 13.3. The van der Waals surface area contributed by atoms with Gasteiger partial charge in [-0.2, -0.15) is 0 Å². The number of carboxylic acid groups (broad SMARTS) is 1. The summed E-state index contributed by atoms with van der Waals surface area (Å²) < 4.78 is 19.0. The van der Waals surface area contributed by atoms with E-state index in [0.717, 1.165) is 0 Å². The van der Waals surface area contributed by atoms with Crippen molar-refractivity contribution in [2.75, 3.05) is 0 Å². The number of benzene rings is 2. The molecule has 0 fully saturated rings. The summed E-state index contributed by atoms with van der Waals surface area (Å²) in [6.45, 7) is 0. The van der Waals surface area contributed by atoms with Crippen LogP contribution in [0.5, 0.6) is 5.75 Å². The first-order valence-electron chi connectivity index (χ1n) is 6.32. The molecule has 0 amide bonds. The van der Waals surface area contributed by atoms with Gasteiger partial charge in [-0.1, -0.05) is 29.3 Å². The monoisotopic (exact) mass is 338 g/mol. The van der Waals surface area contributed by atoms with E-state index in [0.29, 0.717) is 16.1 Å². The minimum Gasteiger partial charge on any atom is -0.480 e. The highest BCUT2D eigenvalue weighted by atomic mass is 35.5. The van der Waals surface area contributed by atoms with Crippen LogP contribution < -0.4 is 4.74 Å². The van der Waals surface area contributed by atoms with Gasteiger partial charge in [0, 0.05) is 11.6 Å². The number of carboxylic acids is 1.